The van der Waals surface area contributed by atoms with Crippen molar-refractivity contribution in [1.82, 2.24) is 10.2 Å². The molecular weight excluding hydrogens is 305 g/mol. The van der Waals surface area contributed by atoms with E-state index in [0.29, 0.717) is 26.2 Å². The van der Waals surface area contributed by atoms with Gasteiger partial charge in [-0.15, -0.1) is 0 Å². The molecule has 2 aromatic rings. The summed E-state index contributed by atoms with van der Waals surface area (Å²) in [5, 5.41) is 2.86. The Kier molecular flexibility index (Phi) is 7.39. The molecule has 0 saturated heterocycles. The second-order valence-electron chi connectivity index (χ2n) is 5.70. The lowest BCUT2D eigenvalue weighted by Gasteiger charge is -2.21. The highest BCUT2D eigenvalue weighted by atomic mass is 19.1. The number of nitrogens with zero attached hydrogens (tertiary/aromatic N) is 1. The molecule has 0 unspecified atom stereocenters. The number of halogens is 1. The molecule has 4 nitrogen and oxygen atoms in total. The van der Waals surface area contributed by atoms with Crippen molar-refractivity contribution in [3.8, 4) is 0 Å². The highest BCUT2D eigenvalue weighted by molar-refractivity contribution is 5.78. The summed E-state index contributed by atoms with van der Waals surface area (Å²) < 4.78 is 12.9. The monoisotopic (exact) mass is 329 g/mol. The summed E-state index contributed by atoms with van der Waals surface area (Å²) in [6.45, 7) is 2.68. The smallest absolute Gasteiger partial charge is 0.234 e. The Balaban J connectivity index is 1.78. The van der Waals surface area contributed by atoms with Crippen LogP contribution in [-0.4, -0.2) is 37.0 Å². The van der Waals surface area contributed by atoms with Crippen LogP contribution in [0.25, 0.3) is 0 Å². The predicted molar refractivity (Wildman–Crippen MR) is 93.9 cm³/mol. The number of rotatable bonds is 9. The summed E-state index contributed by atoms with van der Waals surface area (Å²) in [4.78, 5) is 14.2. The van der Waals surface area contributed by atoms with Gasteiger partial charge in [0.25, 0.3) is 0 Å². The van der Waals surface area contributed by atoms with E-state index >= 15 is 0 Å². The van der Waals surface area contributed by atoms with Crippen LogP contribution in [0.15, 0.2) is 54.6 Å². The Morgan fingerprint density at radius 1 is 1.00 bits per heavy atom. The van der Waals surface area contributed by atoms with Gasteiger partial charge >= 0.3 is 0 Å². The zero-order chi connectivity index (χ0) is 17.2. The number of carbonyl (C=O) groups is 1. The Morgan fingerprint density at radius 2 is 1.71 bits per heavy atom. The van der Waals surface area contributed by atoms with Crippen LogP contribution in [0.4, 0.5) is 4.39 Å². The third kappa shape index (κ3) is 6.48. The molecule has 0 heterocycles. The maximum atomic E-state index is 12.9. The molecule has 5 heteroatoms. The zero-order valence-corrected chi connectivity index (χ0v) is 13.7. The van der Waals surface area contributed by atoms with Gasteiger partial charge in [0.05, 0.1) is 6.54 Å². The molecule has 0 aliphatic carbocycles. The molecule has 0 aliphatic rings. The fourth-order valence-electron chi connectivity index (χ4n) is 2.45. The molecule has 0 bridgehead atoms. The summed E-state index contributed by atoms with van der Waals surface area (Å²) in [5.41, 5.74) is 7.76. The summed E-state index contributed by atoms with van der Waals surface area (Å²) in [5.74, 6) is -0.332. The van der Waals surface area contributed by atoms with E-state index in [-0.39, 0.29) is 11.7 Å². The van der Waals surface area contributed by atoms with Crippen LogP contribution in [0, 0.1) is 5.82 Å². The van der Waals surface area contributed by atoms with E-state index in [4.69, 9.17) is 5.73 Å². The minimum absolute atomic E-state index is 0.0548. The molecule has 0 spiro atoms. The van der Waals surface area contributed by atoms with Gasteiger partial charge in [0.1, 0.15) is 5.82 Å². The van der Waals surface area contributed by atoms with E-state index in [0.717, 1.165) is 18.5 Å². The van der Waals surface area contributed by atoms with Crippen molar-refractivity contribution in [2.45, 2.75) is 13.0 Å². The molecular formula is C19H24FN3O. The van der Waals surface area contributed by atoms with Gasteiger partial charge in [-0.1, -0.05) is 42.5 Å². The second kappa shape index (κ2) is 9.80. The molecule has 0 saturated carbocycles. The number of hydrogen-bond acceptors (Lipinski definition) is 3. The van der Waals surface area contributed by atoms with E-state index in [1.54, 1.807) is 12.1 Å². The molecule has 0 aliphatic heterocycles. The van der Waals surface area contributed by atoms with Gasteiger partial charge in [0.15, 0.2) is 0 Å². The van der Waals surface area contributed by atoms with Gasteiger partial charge in [-0.25, -0.2) is 4.39 Å². The third-order valence-electron chi connectivity index (χ3n) is 3.78. The largest absolute Gasteiger partial charge is 0.351 e. The summed E-state index contributed by atoms with van der Waals surface area (Å²) in [6.07, 6.45) is 0.881. The number of nitrogens with one attached hydrogen (secondary N) is 1. The summed E-state index contributed by atoms with van der Waals surface area (Å²) in [6, 6.07) is 16.3. The summed E-state index contributed by atoms with van der Waals surface area (Å²) in [7, 11) is 0. The number of benzene rings is 2. The molecule has 128 valence electrons. The van der Waals surface area contributed by atoms with Crippen molar-refractivity contribution in [3.05, 3.63) is 71.5 Å². The van der Waals surface area contributed by atoms with E-state index in [9.17, 15) is 9.18 Å². The van der Waals surface area contributed by atoms with Crippen molar-refractivity contribution in [2.75, 3.05) is 26.2 Å². The molecule has 0 atom stereocenters. The van der Waals surface area contributed by atoms with E-state index < -0.39 is 0 Å². The van der Waals surface area contributed by atoms with Crippen LogP contribution in [0.1, 0.15) is 11.1 Å². The highest BCUT2D eigenvalue weighted by Gasteiger charge is 2.10. The third-order valence-corrected chi connectivity index (χ3v) is 3.78. The molecule has 2 rings (SSSR count). The standard InChI is InChI=1S/C19H24FN3O/c20-18-8-6-17(7-9-18)14-22-19(24)15-23(13-11-21)12-10-16-4-2-1-3-5-16/h1-9H,10-15,21H2,(H,22,24). The van der Waals surface area contributed by atoms with Gasteiger partial charge in [-0.05, 0) is 29.7 Å². The fourth-order valence-corrected chi connectivity index (χ4v) is 2.45. The first-order valence-electron chi connectivity index (χ1n) is 8.15. The summed E-state index contributed by atoms with van der Waals surface area (Å²) >= 11 is 0. The van der Waals surface area contributed by atoms with Gasteiger partial charge in [0.2, 0.25) is 5.91 Å². The lowest BCUT2D eigenvalue weighted by molar-refractivity contribution is -0.122. The average molecular weight is 329 g/mol. The number of carbonyl (C=O) groups excluding carboxylic acids is 1. The van der Waals surface area contributed by atoms with E-state index in [2.05, 4.69) is 17.4 Å². The topological polar surface area (TPSA) is 58.4 Å². The molecule has 0 radical (unpaired) electrons. The lowest BCUT2D eigenvalue weighted by atomic mass is 10.1. The van der Waals surface area contributed by atoms with Crippen molar-refractivity contribution < 1.29 is 9.18 Å². The maximum Gasteiger partial charge on any atom is 0.234 e. The van der Waals surface area contributed by atoms with Crippen molar-refractivity contribution in [1.29, 1.82) is 0 Å². The SMILES string of the molecule is NCCN(CCc1ccccc1)CC(=O)NCc1ccc(F)cc1. The fraction of sp³-hybridized carbons (Fsp3) is 0.316. The first-order chi connectivity index (χ1) is 11.7. The Hall–Kier alpha value is -2.24. The predicted octanol–water partition coefficient (Wildman–Crippen LogP) is 1.95. The van der Waals surface area contributed by atoms with Crippen LogP contribution < -0.4 is 11.1 Å². The minimum Gasteiger partial charge on any atom is -0.351 e. The van der Waals surface area contributed by atoms with Gasteiger partial charge in [-0.3, -0.25) is 9.69 Å². The van der Waals surface area contributed by atoms with Crippen LogP contribution in [-0.2, 0) is 17.8 Å². The molecule has 2 aromatic carbocycles. The average Bonchev–Trinajstić information content (AvgIpc) is 2.60. The Bertz CT molecular complexity index is 616. The van der Waals surface area contributed by atoms with Gasteiger partial charge < -0.3 is 11.1 Å². The van der Waals surface area contributed by atoms with Gasteiger partial charge in [-0.2, -0.15) is 0 Å². The van der Waals surface area contributed by atoms with E-state index in [1.807, 2.05) is 23.1 Å². The minimum atomic E-state index is -0.278. The lowest BCUT2D eigenvalue weighted by Crippen LogP contribution is -2.40. The molecule has 3 N–H and O–H groups in total. The molecule has 0 aromatic heterocycles. The Morgan fingerprint density at radius 3 is 2.38 bits per heavy atom. The molecule has 0 fully saturated rings. The van der Waals surface area contributed by atoms with Crippen molar-refractivity contribution in [3.63, 3.8) is 0 Å². The molecule has 1 amide bonds. The zero-order valence-electron chi connectivity index (χ0n) is 13.7. The number of amides is 1. The number of nitrogens with two attached hydrogens (primary N) is 1. The highest BCUT2D eigenvalue weighted by Crippen LogP contribution is 2.03. The molecule has 24 heavy (non-hydrogen) atoms. The van der Waals surface area contributed by atoms with Crippen molar-refractivity contribution in [2.24, 2.45) is 5.73 Å². The normalized spacial score (nSPS) is 10.8. The number of hydrogen-bond donors (Lipinski definition) is 2. The quantitative estimate of drug-likeness (QED) is 0.739. The maximum absolute atomic E-state index is 12.9. The van der Waals surface area contributed by atoms with Crippen LogP contribution in [0.5, 0.6) is 0 Å². The Labute approximate surface area is 142 Å². The first kappa shape index (κ1) is 18.1. The first-order valence-corrected chi connectivity index (χ1v) is 8.15. The van der Waals surface area contributed by atoms with Crippen LogP contribution >= 0.6 is 0 Å². The second-order valence-corrected chi connectivity index (χ2v) is 5.70. The van der Waals surface area contributed by atoms with Gasteiger partial charge in [0, 0.05) is 26.2 Å². The van der Waals surface area contributed by atoms with Crippen molar-refractivity contribution >= 4 is 5.91 Å². The van der Waals surface area contributed by atoms with Crippen LogP contribution in [0.3, 0.4) is 0 Å². The van der Waals surface area contributed by atoms with E-state index in [1.165, 1.54) is 17.7 Å². The van der Waals surface area contributed by atoms with Crippen LogP contribution in [0.2, 0.25) is 0 Å².